The molecule has 0 aliphatic carbocycles. The molecule has 9 nitrogen and oxygen atoms in total. The fourth-order valence-electron chi connectivity index (χ4n) is 2.51. The van der Waals surface area contributed by atoms with Gasteiger partial charge in [0.15, 0.2) is 0 Å². The number of halogens is 1. The zero-order chi connectivity index (χ0) is 18.0. The molecule has 10 heteroatoms. The molecular formula is C15H14ClN5O4. The lowest BCUT2D eigenvalue weighted by Crippen LogP contribution is -2.28. The Morgan fingerprint density at radius 1 is 1.28 bits per heavy atom. The van der Waals surface area contributed by atoms with Crippen LogP contribution < -0.4 is 15.5 Å². The Kier molecular flexibility index (Phi) is 4.66. The average molecular weight is 364 g/mol. The first kappa shape index (κ1) is 16.9. The highest BCUT2D eigenvalue weighted by molar-refractivity contribution is 6.31. The average Bonchev–Trinajstić information content (AvgIpc) is 3.14. The third-order valence-corrected chi connectivity index (χ3v) is 3.88. The van der Waals surface area contributed by atoms with Gasteiger partial charge in [-0.05, 0) is 28.5 Å². The minimum atomic E-state index is -0.576. The first-order valence-corrected chi connectivity index (χ1v) is 7.79. The molecule has 2 N–H and O–H groups in total. The maximum absolute atomic E-state index is 12.4. The van der Waals surface area contributed by atoms with Crippen molar-refractivity contribution in [1.82, 2.24) is 10.3 Å². The molecule has 1 unspecified atom stereocenters. The lowest BCUT2D eigenvalue weighted by atomic mass is 10.1. The Labute approximate surface area is 147 Å². The van der Waals surface area contributed by atoms with E-state index in [4.69, 9.17) is 11.6 Å². The summed E-state index contributed by atoms with van der Waals surface area (Å²) in [6.45, 7) is 1.50. The zero-order valence-corrected chi connectivity index (χ0v) is 13.9. The first-order chi connectivity index (χ1) is 11.9. The number of hydrogen-bond acceptors (Lipinski definition) is 6. The number of carbonyl (C=O) groups excluding carboxylic acids is 3. The van der Waals surface area contributed by atoms with Gasteiger partial charge in [0.1, 0.15) is 0 Å². The van der Waals surface area contributed by atoms with Gasteiger partial charge in [0, 0.05) is 30.6 Å². The van der Waals surface area contributed by atoms with Crippen LogP contribution in [0.3, 0.4) is 0 Å². The molecule has 3 amide bonds. The van der Waals surface area contributed by atoms with Gasteiger partial charge in [-0.1, -0.05) is 17.7 Å². The van der Waals surface area contributed by atoms with Crippen molar-refractivity contribution in [2.45, 2.75) is 13.3 Å². The standard InChI is InChI=1S/C15H14ClN5O4/c1-8(22)17-13-14(20-25-19-13)18-15(24)9-5-12(23)21(7-9)11-4-2-3-10(16)6-11/h2-4,6,9H,5,7H2,1H3,(H,17,19,22)(H,18,20,24). The number of amides is 3. The number of nitrogens with one attached hydrogen (secondary N) is 2. The molecule has 1 saturated heterocycles. The molecule has 1 aliphatic heterocycles. The number of carbonyl (C=O) groups is 3. The predicted octanol–water partition coefficient (Wildman–Crippen LogP) is 1.67. The summed E-state index contributed by atoms with van der Waals surface area (Å²) in [6.07, 6.45) is 0.0547. The molecule has 25 heavy (non-hydrogen) atoms. The van der Waals surface area contributed by atoms with Crippen LogP contribution in [0, 0.1) is 5.92 Å². The van der Waals surface area contributed by atoms with E-state index in [0.29, 0.717) is 10.7 Å². The second-order valence-corrected chi connectivity index (χ2v) is 5.95. The summed E-state index contributed by atoms with van der Waals surface area (Å²) >= 11 is 5.95. The summed E-state index contributed by atoms with van der Waals surface area (Å²) < 4.78 is 4.51. The number of rotatable bonds is 4. The molecule has 1 fully saturated rings. The lowest BCUT2D eigenvalue weighted by molar-refractivity contribution is -0.122. The summed E-state index contributed by atoms with van der Waals surface area (Å²) in [6, 6.07) is 6.85. The molecule has 1 aromatic heterocycles. The van der Waals surface area contributed by atoms with Crippen molar-refractivity contribution in [3.8, 4) is 0 Å². The molecule has 1 aliphatic rings. The highest BCUT2D eigenvalue weighted by atomic mass is 35.5. The van der Waals surface area contributed by atoms with Gasteiger partial charge in [-0.3, -0.25) is 14.4 Å². The Hall–Kier alpha value is -2.94. The van der Waals surface area contributed by atoms with E-state index in [2.05, 4.69) is 25.6 Å². The van der Waals surface area contributed by atoms with Crippen molar-refractivity contribution in [3.05, 3.63) is 29.3 Å². The number of anilines is 3. The molecule has 0 saturated carbocycles. The van der Waals surface area contributed by atoms with E-state index in [1.54, 1.807) is 24.3 Å². The number of aromatic nitrogens is 2. The van der Waals surface area contributed by atoms with Crippen LogP contribution in [-0.4, -0.2) is 34.6 Å². The molecule has 0 bridgehead atoms. The van der Waals surface area contributed by atoms with Gasteiger partial charge in [0.25, 0.3) is 0 Å². The van der Waals surface area contributed by atoms with Gasteiger partial charge >= 0.3 is 0 Å². The molecule has 0 spiro atoms. The minimum absolute atomic E-state index is 0.00569. The summed E-state index contributed by atoms with van der Waals surface area (Å²) in [5, 5.41) is 12.4. The van der Waals surface area contributed by atoms with E-state index in [1.807, 2.05) is 0 Å². The fraction of sp³-hybridized carbons (Fsp3) is 0.267. The quantitative estimate of drug-likeness (QED) is 0.853. The molecule has 130 valence electrons. The highest BCUT2D eigenvalue weighted by Gasteiger charge is 2.36. The van der Waals surface area contributed by atoms with E-state index in [1.165, 1.54) is 11.8 Å². The molecule has 2 heterocycles. The van der Waals surface area contributed by atoms with E-state index >= 15 is 0 Å². The fourth-order valence-corrected chi connectivity index (χ4v) is 2.70. The number of nitrogens with zero attached hydrogens (tertiary/aromatic N) is 3. The van der Waals surface area contributed by atoms with Gasteiger partial charge in [-0.15, -0.1) is 0 Å². The molecule has 2 aromatic rings. The van der Waals surface area contributed by atoms with Crippen molar-refractivity contribution >= 4 is 46.6 Å². The van der Waals surface area contributed by atoms with Gasteiger partial charge in [-0.25, -0.2) is 4.63 Å². The van der Waals surface area contributed by atoms with Gasteiger partial charge in [-0.2, -0.15) is 0 Å². The monoisotopic (exact) mass is 363 g/mol. The Morgan fingerprint density at radius 3 is 2.68 bits per heavy atom. The summed E-state index contributed by atoms with van der Waals surface area (Å²) in [5.41, 5.74) is 0.634. The summed E-state index contributed by atoms with van der Waals surface area (Å²) in [4.78, 5) is 37.2. The van der Waals surface area contributed by atoms with Crippen LogP contribution >= 0.6 is 11.6 Å². The van der Waals surface area contributed by atoms with E-state index in [0.717, 1.165) is 0 Å². The highest BCUT2D eigenvalue weighted by Crippen LogP contribution is 2.28. The normalized spacial score (nSPS) is 16.8. The summed E-state index contributed by atoms with van der Waals surface area (Å²) in [7, 11) is 0. The van der Waals surface area contributed by atoms with Crippen molar-refractivity contribution in [2.24, 2.45) is 5.92 Å². The Balaban J connectivity index is 1.69. The third-order valence-electron chi connectivity index (χ3n) is 3.64. The van der Waals surface area contributed by atoms with Crippen LogP contribution in [0.1, 0.15) is 13.3 Å². The van der Waals surface area contributed by atoms with Crippen molar-refractivity contribution in [1.29, 1.82) is 0 Å². The van der Waals surface area contributed by atoms with Crippen molar-refractivity contribution in [3.63, 3.8) is 0 Å². The number of hydrogen-bond donors (Lipinski definition) is 2. The van der Waals surface area contributed by atoms with Crippen LogP contribution in [0.25, 0.3) is 0 Å². The van der Waals surface area contributed by atoms with E-state index in [-0.39, 0.29) is 36.4 Å². The van der Waals surface area contributed by atoms with Gasteiger partial charge < -0.3 is 15.5 Å². The second kappa shape index (κ2) is 6.89. The maximum Gasteiger partial charge on any atom is 0.231 e. The summed E-state index contributed by atoms with van der Waals surface area (Å²) in [5.74, 6) is -1.54. The first-order valence-electron chi connectivity index (χ1n) is 7.41. The van der Waals surface area contributed by atoms with Crippen LogP contribution in [-0.2, 0) is 14.4 Å². The molecule has 1 atom stereocenters. The van der Waals surface area contributed by atoms with Crippen molar-refractivity contribution < 1.29 is 19.0 Å². The van der Waals surface area contributed by atoms with Gasteiger partial charge in [0.2, 0.25) is 29.4 Å². The van der Waals surface area contributed by atoms with Crippen LogP contribution in [0.5, 0.6) is 0 Å². The van der Waals surface area contributed by atoms with E-state index in [9.17, 15) is 14.4 Å². The minimum Gasteiger partial charge on any atom is -0.312 e. The largest absolute Gasteiger partial charge is 0.312 e. The second-order valence-electron chi connectivity index (χ2n) is 5.52. The van der Waals surface area contributed by atoms with Gasteiger partial charge in [0.05, 0.1) is 5.92 Å². The van der Waals surface area contributed by atoms with Crippen LogP contribution in [0.2, 0.25) is 5.02 Å². The Bertz CT molecular complexity index is 837. The smallest absolute Gasteiger partial charge is 0.231 e. The van der Waals surface area contributed by atoms with Crippen LogP contribution in [0.15, 0.2) is 28.9 Å². The third kappa shape index (κ3) is 3.77. The molecular weight excluding hydrogens is 350 g/mol. The Morgan fingerprint density at radius 2 is 2.00 bits per heavy atom. The zero-order valence-electron chi connectivity index (χ0n) is 13.2. The molecule has 3 rings (SSSR count). The SMILES string of the molecule is CC(=O)Nc1nonc1NC(=O)C1CC(=O)N(c2cccc(Cl)c2)C1. The van der Waals surface area contributed by atoms with Crippen molar-refractivity contribution in [2.75, 3.05) is 22.1 Å². The molecule has 1 aromatic carbocycles. The topological polar surface area (TPSA) is 117 Å². The predicted molar refractivity (Wildman–Crippen MR) is 89.1 cm³/mol. The molecule has 0 radical (unpaired) electrons. The maximum atomic E-state index is 12.4. The van der Waals surface area contributed by atoms with E-state index < -0.39 is 11.8 Å². The number of benzene rings is 1. The van der Waals surface area contributed by atoms with Crippen LogP contribution in [0.4, 0.5) is 17.3 Å². The lowest BCUT2D eigenvalue weighted by Gasteiger charge is -2.16.